The van der Waals surface area contributed by atoms with Gasteiger partial charge in [-0.3, -0.25) is 14.5 Å². The molecule has 2 heterocycles. The van der Waals surface area contributed by atoms with Crippen LogP contribution in [0.15, 0.2) is 42.6 Å². The highest BCUT2D eigenvalue weighted by molar-refractivity contribution is 5.68. The highest BCUT2D eigenvalue weighted by Crippen LogP contribution is 2.15. The average molecular weight is 281 g/mol. The van der Waals surface area contributed by atoms with Crippen molar-refractivity contribution < 1.29 is 4.92 Å². The molecule has 0 unspecified atom stereocenters. The molecule has 7 nitrogen and oxygen atoms in total. The van der Waals surface area contributed by atoms with Crippen LogP contribution in [0.2, 0.25) is 0 Å². The van der Waals surface area contributed by atoms with Gasteiger partial charge < -0.3 is 5.73 Å². The van der Waals surface area contributed by atoms with Gasteiger partial charge in [0.1, 0.15) is 0 Å². The molecule has 2 aromatic heterocycles. The predicted molar refractivity (Wildman–Crippen MR) is 79.4 cm³/mol. The Morgan fingerprint density at radius 1 is 1.10 bits per heavy atom. The summed E-state index contributed by atoms with van der Waals surface area (Å²) in [4.78, 5) is 10.2. The summed E-state index contributed by atoms with van der Waals surface area (Å²) in [5.74, 6) is 0.635. The van der Waals surface area contributed by atoms with Gasteiger partial charge in [0.25, 0.3) is 5.69 Å². The van der Waals surface area contributed by atoms with Gasteiger partial charge >= 0.3 is 0 Å². The van der Waals surface area contributed by atoms with Crippen LogP contribution in [-0.4, -0.2) is 19.5 Å². The van der Waals surface area contributed by atoms with E-state index in [0.29, 0.717) is 17.2 Å². The number of hydrogen-bond donors (Lipinski definition) is 1. The zero-order valence-corrected chi connectivity index (χ0v) is 10.9. The molecular formula is C14H11N5O2. The molecule has 21 heavy (non-hydrogen) atoms. The van der Waals surface area contributed by atoms with Crippen molar-refractivity contribution in [3.63, 3.8) is 0 Å². The minimum atomic E-state index is -0.428. The number of benzene rings is 1. The number of nitrogens with two attached hydrogens (primary N) is 1. The molecule has 0 aliphatic carbocycles. The second kappa shape index (κ2) is 5.04. The molecule has 3 rings (SSSR count). The summed E-state index contributed by atoms with van der Waals surface area (Å²) < 4.78 is 1.78. The number of nitrogen functional groups attached to an aromatic ring is 1. The van der Waals surface area contributed by atoms with Crippen LogP contribution < -0.4 is 5.73 Å². The molecule has 0 saturated carbocycles. The maximum absolute atomic E-state index is 10.6. The molecule has 0 fully saturated rings. The Labute approximate surface area is 119 Å². The van der Waals surface area contributed by atoms with Crippen LogP contribution in [0.5, 0.6) is 0 Å². The highest BCUT2D eigenvalue weighted by Gasteiger charge is 2.04. The highest BCUT2D eigenvalue weighted by atomic mass is 16.6. The largest absolute Gasteiger partial charge is 0.398 e. The van der Waals surface area contributed by atoms with Crippen LogP contribution in [0.25, 0.3) is 17.8 Å². The summed E-state index contributed by atoms with van der Waals surface area (Å²) in [5, 5.41) is 18.7. The van der Waals surface area contributed by atoms with Gasteiger partial charge in [-0.15, -0.1) is 10.2 Å². The van der Waals surface area contributed by atoms with Gasteiger partial charge in [-0.05, 0) is 35.9 Å². The van der Waals surface area contributed by atoms with Crippen LogP contribution in [0.3, 0.4) is 0 Å². The van der Waals surface area contributed by atoms with Gasteiger partial charge in [0.2, 0.25) is 0 Å². The van der Waals surface area contributed by atoms with E-state index in [0.717, 1.165) is 5.56 Å². The monoisotopic (exact) mass is 281 g/mol. The molecule has 0 radical (unpaired) electrons. The van der Waals surface area contributed by atoms with Crippen molar-refractivity contribution in [2.75, 3.05) is 5.73 Å². The third-order valence-electron chi connectivity index (χ3n) is 2.98. The molecule has 0 atom stereocenters. The Balaban J connectivity index is 1.90. The molecular weight excluding hydrogens is 270 g/mol. The van der Waals surface area contributed by atoms with E-state index < -0.39 is 4.92 Å². The van der Waals surface area contributed by atoms with Crippen molar-refractivity contribution in [2.24, 2.45) is 0 Å². The number of rotatable bonds is 3. The fourth-order valence-corrected chi connectivity index (χ4v) is 1.92. The standard InChI is InChI=1S/C14H11N5O2/c15-11-4-8-14-17-16-13(18(14)9-11)7-3-10-1-5-12(6-2-10)19(20)21/h1-9H,15H2/b7-3+. The summed E-state index contributed by atoms with van der Waals surface area (Å²) in [6.07, 6.45) is 5.33. The Morgan fingerprint density at radius 3 is 2.57 bits per heavy atom. The number of aromatic nitrogens is 3. The number of nitro groups is 1. The summed E-state index contributed by atoms with van der Waals surface area (Å²) in [6, 6.07) is 9.80. The molecule has 0 spiro atoms. The van der Waals surface area contributed by atoms with E-state index >= 15 is 0 Å². The average Bonchev–Trinajstić information content (AvgIpc) is 2.88. The third-order valence-corrected chi connectivity index (χ3v) is 2.98. The van der Waals surface area contributed by atoms with Crippen LogP contribution in [-0.2, 0) is 0 Å². The van der Waals surface area contributed by atoms with E-state index in [1.54, 1.807) is 40.9 Å². The third kappa shape index (κ3) is 2.57. The molecule has 0 aliphatic heterocycles. The minimum absolute atomic E-state index is 0.0628. The normalized spacial score (nSPS) is 11.2. The summed E-state index contributed by atoms with van der Waals surface area (Å²) in [5.41, 5.74) is 7.96. The van der Waals surface area contributed by atoms with Crippen molar-refractivity contribution in [2.45, 2.75) is 0 Å². The number of fused-ring (bicyclic) bond motifs is 1. The smallest absolute Gasteiger partial charge is 0.269 e. The first-order chi connectivity index (χ1) is 10.1. The van der Waals surface area contributed by atoms with Crippen molar-refractivity contribution in [3.05, 3.63) is 64.1 Å². The zero-order chi connectivity index (χ0) is 14.8. The van der Waals surface area contributed by atoms with Crippen molar-refractivity contribution in [1.29, 1.82) is 0 Å². The first kappa shape index (κ1) is 12.8. The topological polar surface area (TPSA) is 99.3 Å². The van der Waals surface area contributed by atoms with Crippen LogP contribution in [0, 0.1) is 10.1 Å². The quantitative estimate of drug-likeness (QED) is 0.587. The van der Waals surface area contributed by atoms with Crippen molar-refractivity contribution in [3.8, 4) is 0 Å². The lowest BCUT2D eigenvalue weighted by atomic mass is 10.2. The molecule has 0 bridgehead atoms. The molecule has 3 aromatic rings. The van der Waals surface area contributed by atoms with Gasteiger partial charge in [0.05, 0.1) is 4.92 Å². The maximum Gasteiger partial charge on any atom is 0.269 e. The predicted octanol–water partition coefficient (Wildman–Crippen LogP) is 2.39. The Morgan fingerprint density at radius 2 is 1.86 bits per heavy atom. The fourth-order valence-electron chi connectivity index (χ4n) is 1.92. The Kier molecular flexibility index (Phi) is 3.07. The number of nitro benzene ring substituents is 1. The Hall–Kier alpha value is -3.22. The molecule has 0 aliphatic rings. The van der Waals surface area contributed by atoms with Gasteiger partial charge in [-0.25, -0.2) is 0 Å². The number of nitrogens with zero attached hydrogens (tertiary/aromatic N) is 4. The van der Waals surface area contributed by atoms with E-state index in [2.05, 4.69) is 10.2 Å². The lowest BCUT2D eigenvalue weighted by molar-refractivity contribution is -0.384. The van der Waals surface area contributed by atoms with Gasteiger partial charge in [-0.2, -0.15) is 0 Å². The molecule has 7 heteroatoms. The number of pyridine rings is 1. The van der Waals surface area contributed by atoms with E-state index in [1.165, 1.54) is 12.1 Å². The fraction of sp³-hybridized carbons (Fsp3) is 0. The molecule has 0 saturated heterocycles. The van der Waals surface area contributed by atoms with Crippen LogP contribution >= 0.6 is 0 Å². The first-order valence-corrected chi connectivity index (χ1v) is 6.16. The summed E-state index contributed by atoms with van der Waals surface area (Å²) >= 11 is 0. The second-order valence-corrected chi connectivity index (χ2v) is 4.43. The van der Waals surface area contributed by atoms with E-state index in [1.807, 2.05) is 6.08 Å². The van der Waals surface area contributed by atoms with Crippen molar-refractivity contribution in [1.82, 2.24) is 14.6 Å². The van der Waals surface area contributed by atoms with Crippen LogP contribution in [0.4, 0.5) is 11.4 Å². The van der Waals surface area contributed by atoms with Crippen LogP contribution in [0.1, 0.15) is 11.4 Å². The second-order valence-electron chi connectivity index (χ2n) is 4.43. The molecule has 104 valence electrons. The van der Waals surface area contributed by atoms with E-state index in [9.17, 15) is 10.1 Å². The summed E-state index contributed by atoms with van der Waals surface area (Å²) in [7, 11) is 0. The lowest BCUT2D eigenvalue weighted by Gasteiger charge is -1.97. The summed E-state index contributed by atoms with van der Waals surface area (Å²) in [6.45, 7) is 0. The SMILES string of the molecule is Nc1ccc2nnc(/C=C/c3ccc([N+](=O)[O-])cc3)n2c1. The van der Waals surface area contributed by atoms with Gasteiger partial charge in [0, 0.05) is 24.0 Å². The molecule has 2 N–H and O–H groups in total. The zero-order valence-electron chi connectivity index (χ0n) is 10.9. The van der Waals surface area contributed by atoms with Gasteiger partial charge in [-0.1, -0.05) is 6.08 Å². The minimum Gasteiger partial charge on any atom is -0.398 e. The Bertz CT molecular complexity index is 836. The maximum atomic E-state index is 10.6. The number of hydrogen-bond acceptors (Lipinski definition) is 5. The number of anilines is 1. The first-order valence-electron chi connectivity index (χ1n) is 6.16. The molecule has 0 amide bonds. The lowest BCUT2D eigenvalue weighted by Crippen LogP contribution is -1.92. The van der Waals surface area contributed by atoms with E-state index in [-0.39, 0.29) is 5.69 Å². The molecule has 1 aromatic carbocycles. The van der Waals surface area contributed by atoms with E-state index in [4.69, 9.17) is 5.73 Å². The van der Waals surface area contributed by atoms with Gasteiger partial charge in [0.15, 0.2) is 11.5 Å². The number of non-ortho nitro benzene ring substituents is 1. The van der Waals surface area contributed by atoms with Crippen molar-refractivity contribution >= 4 is 29.2 Å².